The fraction of sp³-hybridized carbons (Fsp3) is 0.467. The molecule has 0 saturated carbocycles. The molecule has 0 spiro atoms. The number of hydrogen-bond donors (Lipinski definition) is 0. The Morgan fingerprint density at radius 2 is 1.47 bits per heavy atom. The van der Waals surface area contributed by atoms with Gasteiger partial charge in [0.25, 0.3) is 0 Å². The van der Waals surface area contributed by atoms with Gasteiger partial charge in [-0.3, -0.25) is 0 Å². The van der Waals surface area contributed by atoms with Gasteiger partial charge >= 0.3 is 0 Å². The quantitative estimate of drug-likeness (QED) is 0.311. The lowest BCUT2D eigenvalue weighted by Gasteiger charge is -2.11. The standard InChI is InChI=1S/C15H21ClSi/c1-12(10-13-6-2-3-7-13)15(17-16)11-14-8-4-5-9-14/h2-5,10-11,13-14H,6-9,17H2,1H3. The average molecular weight is 265 g/mol. The molecule has 2 heteroatoms. The Balaban J connectivity index is 2.01. The summed E-state index contributed by atoms with van der Waals surface area (Å²) in [4.78, 5) is 0. The van der Waals surface area contributed by atoms with Gasteiger partial charge in [0.1, 0.15) is 0 Å². The molecular weight excluding hydrogens is 244 g/mol. The monoisotopic (exact) mass is 264 g/mol. The fourth-order valence-electron chi connectivity index (χ4n) is 2.58. The van der Waals surface area contributed by atoms with Gasteiger partial charge in [-0.2, -0.15) is 11.1 Å². The molecule has 0 unspecified atom stereocenters. The number of allylic oxidation sites excluding steroid dienone is 8. The summed E-state index contributed by atoms with van der Waals surface area (Å²) in [6, 6.07) is 0. The zero-order valence-corrected chi connectivity index (χ0v) is 12.7. The first-order valence-electron chi connectivity index (χ1n) is 6.55. The molecular formula is C15H21ClSi. The van der Waals surface area contributed by atoms with Crippen molar-refractivity contribution in [3.8, 4) is 0 Å². The van der Waals surface area contributed by atoms with Gasteiger partial charge in [0.15, 0.2) is 8.83 Å². The Morgan fingerprint density at radius 3 is 1.94 bits per heavy atom. The number of halogens is 1. The summed E-state index contributed by atoms with van der Waals surface area (Å²) in [6.45, 7) is 2.24. The molecule has 0 saturated heterocycles. The van der Waals surface area contributed by atoms with Crippen molar-refractivity contribution in [2.24, 2.45) is 11.8 Å². The zero-order valence-electron chi connectivity index (χ0n) is 10.5. The largest absolute Gasteiger partial charge is 0.170 e. The van der Waals surface area contributed by atoms with Crippen LogP contribution in [0.2, 0.25) is 0 Å². The molecule has 0 aromatic carbocycles. The summed E-state index contributed by atoms with van der Waals surface area (Å²) in [5, 5.41) is 1.47. The Hall–Kier alpha value is -0.533. The molecule has 92 valence electrons. The molecule has 0 nitrogen and oxygen atoms in total. The van der Waals surface area contributed by atoms with Crippen LogP contribution in [0.4, 0.5) is 0 Å². The van der Waals surface area contributed by atoms with E-state index in [1.807, 2.05) is 0 Å². The predicted octanol–water partition coefficient (Wildman–Crippen LogP) is 4.07. The number of rotatable bonds is 4. The molecule has 17 heavy (non-hydrogen) atoms. The van der Waals surface area contributed by atoms with Crippen LogP contribution in [0.1, 0.15) is 32.6 Å². The third kappa shape index (κ3) is 3.72. The molecule has 2 aliphatic carbocycles. The molecule has 0 bridgehead atoms. The van der Waals surface area contributed by atoms with Crippen LogP contribution in [0, 0.1) is 11.8 Å². The van der Waals surface area contributed by atoms with E-state index in [1.165, 1.54) is 36.5 Å². The minimum Gasteiger partial charge on any atom is -0.170 e. The van der Waals surface area contributed by atoms with Crippen LogP contribution in [0.3, 0.4) is 0 Å². The van der Waals surface area contributed by atoms with Gasteiger partial charge in [-0.15, -0.1) is 0 Å². The molecule has 0 heterocycles. The molecule has 0 atom stereocenters. The molecule has 0 fully saturated rings. The SMILES string of the molecule is CC(=CC1CC=CC1)C(=CC1CC=CC1)[SiH2]Cl. The highest BCUT2D eigenvalue weighted by molar-refractivity contribution is 6.98. The van der Waals surface area contributed by atoms with Crippen molar-refractivity contribution < 1.29 is 0 Å². The van der Waals surface area contributed by atoms with Crippen molar-refractivity contribution in [1.29, 1.82) is 0 Å². The smallest absolute Gasteiger partial charge is 0.155 e. The van der Waals surface area contributed by atoms with Crippen molar-refractivity contribution in [2.75, 3.05) is 0 Å². The van der Waals surface area contributed by atoms with E-state index in [2.05, 4.69) is 43.4 Å². The van der Waals surface area contributed by atoms with Gasteiger partial charge in [0.2, 0.25) is 0 Å². The summed E-state index contributed by atoms with van der Waals surface area (Å²) in [5.74, 6) is 1.43. The van der Waals surface area contributed by atoms with Crippen LogP contribution in [0.5, 0.6) is 0 Å². The summed E-state index contributed by atoms with van der Waals surface area (Å²) in [5.41, 5.74) is 1.44. The second-order valence-corrected chi connectivity index (χ2v) is 6.91. The maximum Gasteiger partial charge on any atom is 0.155 e. The first kappa shape index (κ1) is 12.9. The third-order valence-corrected chi connectivity index (χ3v) is 5.61. The maximum absolute atomic E-state index is 6.22. The topological polar surface area (TPSA) is 0 Å². The van der Waals surface area contributed by atoms with Gasteiger partial charge < -0.3 is 0 Å². The van der Waals surface area contributed by atoms with Crippen LogP contribution in [-0.4, -0.2) is 8.83 Å². The fourth-order valence-corrected chi connectivity index (χ4v) is 4.23. The van der Waals surface area contributed by atoms with E-state index in [9.17, 15) is 0 Å². The minimum absolute atomic E-state index is 0.574. The summed E-state index contributed by atoms with van der Waals surface area (Å²) in [6.07, 6.45) is 18.8. The van der Waals surface area contributed by atoms with E-state index in [0.717, 1.165) is 5.92 Å². The minimum atomic E-state index is -0.574. The van der Waals surface area contributed by atoms with E-state index in [0.29, 0.717) is 5.92 Å². The second-order valence-electron chi connectivity index (χ2n) is 5.08. The van der Waals surface area contributed by atoms with Crippen molar-refractivity contribution in [1.82, 2.24) is 0 Å². The van der Waals surface area contributed by atoms with Crippen LogP contribution >= 0.6 is 11.1 Å². The molecule has 0 aromatic heterocycles. The lowest BCUT2D eigenvalue weighted by molar-refractivity contribution is 0.705. The Kier molecular flexibility index (Phi) is 4.87. The van der Waals surface area contributed by atoms with Crippen molar-refractivity contribution in [3.05, 3.63) is 47.2 Å². The van der Waals surface area contributed by atoms with Gasteiger partial charge in [0, 0.05) is 0 Å². The maximum atomic E-state index is 6.22. The molecule has 0 aliphatic heterocycles. The summed E-state index contributed by atoms with van der Waals surface area (Å²) in [7, 11) is -0.574. The highest BCUT2D eigenvalue weighted by Gasteiger charge is 2.12. The van der Waals surface area contributed by atoms with Crippen LogP contribution in [0.25, 0.3) is 0 Å². The van der Waals surface area contributed by atoms with Gasteiger partial charge in [-0.1, -0.05) is 47.2 Å². The zero-order chi connectivity index (χ0) is 12.1. The lowest BCUT2D eigenvalue weighted by atomic mass is 10.0. The van der Waals surface area contributed by atoms with Crippen molar-refractivity contribution >= 4 is 19.9 Å². The van der Waals surface area contributed by atoms with Crippen molar-refractivity contribution in [3.63, 3.8) is 0 Å². The lowest BCUT2D eigenvalue weighted by Crippen LogP contribution is -1.99. The van der Waals surface area contributed by atoms with E-state index < -0.39 is 8.83 Å². The van der Waals surface area contributed by atoms with Gasteiger partial charge in [-0.05, 0) is 44.4 Å². The Labute approximate surface area is 112 Å². The Morgan fingerprint density at radius 1 is 1.00 bits per heavy atom. The van der Waals surface area contributed by atoms with E-state index in [4.69, 9.17) is 11.1 Å². The molecule has 0 aromatic rings. The van der Waals surface area contributed by atoms with Crippen molar-refractivity contribution in [2.45, 2.75) is 32.6 Å². The highest BCUT2D eigenvalue weighted by atomic mass is 35.6. The van der Waals surface area contributed by atoms with Gasteiger partial charge in [-0.25, -0.2) is 0 Å². The normalized spacial score (nSPS) is 23.6. The van der Waals surface area contributed by atoms with E-state index >= 15 is 0 Å². The van der Waals surface area contributed by atoms with Crippen LogP contribution < -0.4 is 0 Å². The summed E-state index contributed by atoms with van der Waals surface area (Å²) < 4.78 is 0. The first-order valence-corrected chi connectivity index (χ1v) is 9.39. The Bertz CT molecular complexity index is 360. The van der Waals surface area contributed by atoms with Gasteiger partial charge in [0.05, 0.1) is 0 Å². The first-order chi connectivity index (χ1) is 8.29. The molecule has 0 N–H and O–H groups in total. The second kappa shape index (κ2) is 6.41. The molecule has 2 rings (SSSR count). The average Bonchev–Trinajstić information content (AvgIpc) is 2.97. The molecule has 0 amide bonds. The molecule has 2 aliphatic rings. The third-order valence-electron chi connectivity index (χ3n) is 3.66. The highest BCUT2D eigenvalue weighted by Crippen LogP contribution is 2.26. The number of hydrogen-bond acceptors (Lipinski definition) is 0. The van der Waals surface area contributed by atoms with E-state index in [1.54, 1.807) is 0 Å². The molecule has 0 radical (unpaired) electrons. The van der Waals surface area contributed by atoms with Crippen LogP contribution in [-0.2, 0) is 0 Å². The summed E-state index contributed by atoms with van der Waals surface area (Å²) >= 11 is 6.22. The predicted molar refractivity (Wildman–Crippen MR) is 80.0 cm³/mol. The van der Waals surface area contributed by atoms with E-state index in [-0.39, 0.29) is 0 Å². The van der Waals surface area contributed by atoms with Crippen LogP contribution in [0.15, 0.2) is 47.2 Å².